The molecular formula is C10H16N4O5S. The van der Waals surface area contributed by atoms with Crippen molar-refractivity contribution in [3.8, 4) is 0 Å². The maximum absolute atomic E-state index is 11.7. The van der Waals surface area contributed by atoms with Crippen molar-refractivity contribution in [1.82, 2.24) is 18.7 Å². The van der Waals surface area contributed by atoms with Gasteiger partial charge in [-0.15, -0.1) is 0 Å². The smallest absolute Gasteiger partial charge is 0.328 e. The lowest BCUT2D eigenvalue weighted by Crippen LogP contribution is -2.37. The van der Waals surface area contributed by atoms with Crippen LogP contribution in [0.15, 0.2) is 15.9 Å². The average Bonchev–Trinajstić information content (AvgIpc) is 2.76. The fourth-order valence-corrected chi connectivity index (χ4v) is 1.47. The molecule has 2 rings (SSSR count). The molecule has 0 bridgehead atoms. The van der Waals surface area contributed by atoms with Crippen molar-refractivity contribution in [2.75, 3.05) is 13.4 Å². The summed E-state index contributed by atoms with van der Waals surface area (Å²) in [6, 6.07) is 0. The molecule has 9 nitrogen and oxygen atoms in total. The van der Waals surface area contributed by atoms with Crippen molar-refractivity contribution in [2.45, 2.75) is 0 Å². The van der Waals surface area contributed by atoms with Gasteiger partial charge >= 0.3 is 5.69 Å². The quantitative estimate of drug-likeness (QED) is 0.598. The number of hydrogen-bond acceptors (Lipinski definition) is 6. The number of imidazole rings is 1. The zero-order valence-electron chi connectivity index (χ0n) is 11.8. The monoisotopic (exact) mass is 304 g/mol. The second-order valence-corrected chi connectivity index (χ2v) is 5.85. The summed E-state index contributed by atoms with van der Waals surface area (Å²) in [7, 11) is 2.73. The van der Waals surface area contributed by atoms with Gasteiger partial charge in [0.15, 0.2) is 11.2 Å². The van der Waals surface area contributed by atoms with Gasteiger partial charge in [-0.05, 0) is 0 Å². The van der Waals surface area contributed by atoms with Crippen LogP contribution in [-0.2, 0) is 35.4 Å². The molecule has 0 atom stereocenters. The van der Waals surface area contributed by atoms with Crippen LogP contribution in [-0.4, -0.2) is 40.5 Å². The minimum Gasteiger partial charge on any atom is -0.328 e. The molecule has 0 aliphatic heterocycles. The van der Waals surface area contributed by atoms with E-state index >= 15 is 0 Å². The number of aromatic nitrogens is 4. The highest BCUT2D eigenvalue weighted by Gasteiger charge is 2.11. The van der Waals surface area contributed by atoms with E-state index in [1.165, 1.54) is 17.9 Å². The maximum atomic E-state index is 11.7. The lowest BCUT2D eigenvalue weighted by atomic mass is 10.5. The van der Waals surface area contributed by atoms with E-state index in [9.17, 15) is 18.0 Å². The number of rotatable bonds is 1. The highest BCUT2D eigenvalue weighted by molar-refractivity contribution is 7.85. The summed E-state index contributed by atoms with van der Waals surface area (Å²) in [6.07, 6.45) is 2.51. The molecule has 2 aromatic rings. The van der Waals surface area contributed by atoms with Crippen molar-refractivity contribution < 1.29 is 12.6 Å². The number of aryl methyl sites for hydroxylation is 2. The molecule has 0 amide bonds. The first-order valence-electron chi connectivity index (χ1n) is 5.42. The van der Waals surface area contributed by atoms with Gasteiger partial charge in [0.2, 0.25) is 0 Å². The molecule has 0 aliphatic carbocycles. The van der Waals surface area contributed by atoms with Crippen LogP contribution in [0.4, 0.5) is 0 Å². The third-order valence-electron chi connectivity index (χ3n) is 2.62. The van der Waals surface area contributed by atoms with Gasteiger partial charge in [-0.3, -0.25) is 18.1 Å². The van der Waals surface area contributed by atoms with Crippen LogP contribution < -0.4 is 11.2 Å². The van der Waals surface area contributed by atoms with Crippen molar-refractivity contribution >= 4 is 21.3 Å². The van der Waals surface area contributed by atoms with Crippen molar-refractivity contribution in [3.63, 3.8) is 0 Å². The molecule has 2 aromatic heterocycles. The summed E-state index contributed by atoms with van der Waals surface area (Å²) in [5.41, 5.74) is 0.180. The van der Waals surface area contributed by atoms with Crippen LogP contribution >= 0.6 is 0 Å². The first-order valence-corrected chi connectivity index (χ1v) is 7.24. The fraction of sp³-hybridized carbons (Fsp3) is 0.500. The van der Waals surface area contributed by atoms with E-state index in [-0.39, 0.29) is 11.2 Å². The van der Waals surface area contributed by atoms with Gasteiger partial charge in [-0.2, -0.15) is 8.42 Å². The topological polar surface area (TPSA) is 105 Å². The largest absolute Gasteiger partial charge is 0.332 e. The number of hydrogen-bond donors (Lipinski definition) is 0. The van der Waals surface area contributed by atoms with Gasteiger partial charge in [-0.1, -0.05) is 0 Å². The van der Waals surface area contributed by atoms with E-state index in [0.29, 0.717) is 11.2 Å². The van der Waals surface area contributed by atoms with Crippen LogP contribution in [0.2, 0.25) is 0 Å². The van der Waals surface area contributed by atoms with E-state index in [2.05, 4.69) is 9.17 Å². The van der Waals surface area contributed by atoms with E-state index in [1.807, 2.05) is 0 Å². The molecule has 0 aliphatic rings. The first kappa shape index (κ1) is 16.1. The minimum atomic E-state index is -3.16. The molecule has 0 aromatic carbocycles. The Kier molecular flexibility index (Phi) is 4.50. The maximum Gasteiger partial charge on any atom is 0.332 e. The Morgan fingerprint density at radius 1 is 1.15 bits per heavy atom. The zero-order valence-corrected chi connectivity index (χ0v) is 12.6. The van der Waals surface area contributed by atoms with Crippen LogP contribution in [0.1, 0.15) is 0 Å². The van der Waals surface area contributed by atoms with Gasteiger partial charge in [0.05, 0.1) is 19.7 Å². The summed E-state index contributed by atoms with van der Waals surface area (Å²) in [4.78, 5) is 27.2. The summed E-state index contributed by atoms with van der Waals surface area (Å²) in [5.74, 6) is 0. The molecule has 20 heavy (non-hydrogen) atoms. The number of nitrogens with zero attached hydrogens (tertiary/aromatic N) is 4. The summed E-state index contributed by atoms with van der Waals surface area (Å²) < 4.78 is 27.5. The van der Waals surface area contributed by atoms with Gasteiger partial charge in [-0.25, -0.2) is 9.78 Å². The molecule has 0 saturated carbocycles. The Balaban J connectivity index is 0.000000286. The lowest BCUT2D eigenvalue weighted by molar-refractivity contribution is 0.403. The molecule has 0 N–H and O–H groups in total. The summed E-state index contributed by atoms with van der Waals surface area (Å²) in [6.45, 7) is 0. The Bertz CT molecular complexity index is 843. The van der Waals surface area contributed by atoms with E-state index in [0.717, 1.165) is 17.9 Å². The van der Waals surface area contributed by atoms with Crippen molar-refractivity contribution in [2.24, 2.45) is 21.1 Å². The Labute approximate surface area is 115 Å². The Morgan fingerprint density at radius 3 is 2.10 bits per heavy atom. The zero-order chi connectivity index (χ0) is 15.7. The highest BCUT2D eigenvalue weighted by atomic mass is 32.2. The van der Waals surface area contributed by atoms with E-state index in [4.69, 9.17) is 0 Å². The van der Waals surface area contributed by atoms with Crippen molar-refractivity contribution in [3.05, 3.63) is 27.2 Å². The number of fused-ring (bicyclic) bond motifs is 1. The SMILES string of the molecule is COS(C)(=O)=O.Cn1c(=O)c2c(ncn2C)n(C)c1=O. The van der Waals surface area contributed by atoms with Gasteiger partial charge in [0.25, 0.3) is 15.7 Å². The Hall–Kier alpha value is -1.94. The first-order chi connectivity index (χ1) is 9.10. The van der Waals surface area contributed by atoms with Gasteiger partial charge in [0, 0.05) is 21.1 Å². The van der Waals surface area contributed by atoms with Crippen LogP contribution in [0, 0.1) is 0 Å². The van der Waals surface area contributed by atoms with E-state index < -0.39 is 10.1 Å². The predicted octanol–water partition coefficient (Wildman–Crippen LogP) is -1.44. The molecule has 10 heteroatoms. The summed E-state index contributed by atoms with van der Waals surface area (Å²) >= 11 is 0. The standard InChI is InChI=1S/C8H10N4O2.C2H6O3S/c1-10-4-9-6-5(10)7(13)12(3)8(14)11(6)2;1-5-6(2,3)4/h4H,1-3H3;1-2H3. The molecule has 2 heterocycles. The Morgan fingerprint density at radius 2 is 1.65 bits per heavy atom. The molecule has 0 saturated heterocycles. The fourth-order valence-electron chi connectivity index (χ4n) is 1.47. The molecule has 0 unspecified atom stereocenters. The summed E-state index contributed by atoms with van der Waals surface area (Å²) in [5, 5.41) is 0. The molecule has 0 spiro atoms. The lowest BCUT2D eigenvalue weighted by Gasteiger charge is -2.02. The van der Waals surface area contributed by atoms with Crippen LogP contribution in [0.5, 0.6) is 0 Å². The molecule has 0 radical (unpaired) electrons. The third-order valence-corrected chi connectivity index (χ3v) is 3.22. The second-order valence-electron chi connectivity index (χ2n) is 4.10. The minimum absolute atomic E-state index is 0.317. The van der Waals surface area contributed by atoms with Crippen LogP contribution in [0.3, 0.4) is 0 Å². The van der Waals surface area contributed by atoms with Gasteiger partial charge in [0.1, 0.15) is 0 Å². The third kappa shape index (κ3) is 3.14. The van der Waals surface area contributed by atoms with Gasteiger partial charge < -0.3 is 4.57 Å². The van der Waals surface area contributed by atoms with Crippen LogP contribution in [0.25, 0.3) is 11.2 Å². The molecule has 112 valence electrons. The molecule has 0 fully saturated rings. The predicted molar refractivity (Wildman–Crippen MR) is 73.0 cm³/mol. The molecular weight excluding hydrogens is 288 g/mol. The van der Waals surface area contributed by atoms with E-state index in [1.54, 1.807) is 18.7 Å². The average molecular weight is 304 g/mol. The van der Waals surface area contributed by atoms with Crippen molar-refractivity contribution in [1.29, 1.82) is 0 Å². The second kappa shape index (κ2) is 5.59. The highest BCUT2D eigenvalue weighted by Crippen LogP contribution is 2.01. The normalized spacial score (nSPS) is 11.2.